The van der Waals surface area contributed by atoms with Crippen molar-refractivity contribution in [2.75, 3.05) is 11.4 Å². The Morgan fingerprint density at radius 3 is 2.11 bits per heavy atom. The van der Waals surface area contributed by atoms with E-state index in [-0.39, 0.29) is 5.91 Å². The number of hydrogen-bond donors (Lipinski definition) is 0. The molecule has 3 rings (SSSR count). The van der Waals surface area contributed by atoms with Crippen molar-refractivity contribution in [2.45, 2.75) is 0 Å². The fraction of sp³-hybridized carbons (Fsp3) is 0.0625. The van der Waals surface area contributed by atoms with Crippen LogP contribution in [-0.2, 0) is 4.79 Å². The van der Waals surface area contributed by atoms with E-state index in [1.54, 1.807) is 11.0 Å². The summed E-state index contributed by atoms with van der Waals surface area (Å²) in [5.41, 5.74) is 3.14. The summed E-state index contributed by atoms with van der Waals surface area (Å²) >= 11 is 0. The van der Waals surface area contributed by atoms with E-state index in [9.17, 15) is 4.79 Å². The van der Waals surface area contributed by atoms with Crippen LogP contribution >= 0.6 is 0 Å². The van der Waals surface area contributed by atoms with E-state index in [2.05, 4.69) is 0 Å². The van der Waals surface area contributed by atoms with Gasteiger partial charge >= 0.3 is 0 Å². The predicted molar refractivity (Wildman–Crippen MR) is 73.2 cm³/mol. The Balaban J connectivity index is 1.88. The Morgan fingerprint density at radius 1 is 0.833 bits per heavy atom. The van der Waals surface area contributed by atoms with Crippen LogP contribution in [0, 0.1) is 0 Å². The molecule has 2 aromatic rings. The summed E-state index contributed by atoms with van der Waals surface area (Å²) < 4.78 is 0. The highest BCUT2D eigenvalue weighted by Gasteiger charge is 2.23. The average molecular weight is 235 g/mol. The number of nitrogens with zero attached hydrogens (tertiary/aromatic N) is 1. The normalized spacial score (nSPS) is 14.8. The number of anilines is 1. The zero-order valence-electron chi connectivity index (χ0n) is 9.91. The van der Waals surface area contributed by atoms with E-state index in [0.29, 0.717) is 6.54 Å². The van der Waals surface area contributed by atoms with Crippen LogP contribution in [0.15, 0.2) is 66.7 Å². The minimum Gasteiger partial charge on any atom is -0.304 e. The molecule has 0 spiro atoms. The minimum atomic E-state index is 0.0556. The second-order valence-electron chi connectivity index (χ2n) is 4.30. The number of amides is 1. The highest BCUT2D eigenvalue weighted by Crippen LogP contribution is 2.26. The molecule has 0 atom stereocenters. The molecule has 0 aromatic heterocycles. The van der Waals surface area contributed by atoms with Gasteiger partial charge in [-0.2, -0.15) is 0 Å². The van der Waals surface area contributed by atoms with Crippen LogP contribution in [0.4, 0.5) is 5.69 Å². The molecule has 0 saturated heterocycles. The molecule has 0 saturated carbocycles. The molecule has 1 aliphatic rings. The molecule has 18 heavy (non-hydrogen) atoms. The van der Waals surface area contributed by atoms with Gasteiger partial charge in [-0.05, 0) is 23.3 Å². The van der Waals surface area contributed by atoms with Crippen LogP contribution in [-0.4, -0.2) is 12.5 Å². The molecule has 2 heteroatoms. The van der Waals surface area contributed by atoms with Crippen molar-refractivity contribution >= 4 is 17.2 Å². The van der Waals surface area contributed by atoms with E-state index in [1.165, 1.54) is 0 Å². The summed E-state index contributed by atoms with van der Waals surface area (Å²) in [6, 6.07) is 19.8. The maximum Gasteiger partial charge on any atom is 0.251 e. The third-order valence-electron chi connectivity index (χ3n) is 3.10. The summed E-state index contributed by atoms with van der Waals surface area (Å²) in [6.45, 7) is 0.646. The molecule has 0 fully saturated rings. The lowest BCUT2D eigenvalue weighted by atomic mass is 10.1. The highest BCUT2D eigenvalue weighted by atomic mass is 16.2. The number of rotatable bonds is 2. The van der Waals surface area contributed by atoms with Crippen molar-refractivity contribution in [1.82, 2.24) is 0 Å². The van der Waals surface area contributed by atoms with Gasteiger partial charge in [0.05, 0.1) is 6.54 Å². The number of hydrogen-bond acceptors (Lipinski definition) is 1. The summed E-state index contributed by atoms with van der Waals surface area (Å²) in [6.07, 6.45) is 1.72. The molecule has 0 unspecified atom stereocenters. The Kier molecular flexibility index (Phi) is 2.69. The molecule has 1 amide bonds. The van der Waals surface area contributed by atoms with Crippen LogP contribution in [0.3, 0.4) is 0 Å². The molecule has 0 bridgehead atoms. The van der Waals surface area contributed by atoms with Crippen LogP contribution in [0.2, 0.25) is 0 Å². The lowest BCUT2D eigenvalue weighted by Gasteiger charge is -2.16. The zero-order chi connectivity index (χ0) is 12.4. The maximum absolute atomic E-state index is 12.0. The van der Waals surface area contributed by atoms with E-state index in [1.807, 2.05) is 60.7 Å². The van der Waals surface area contributed by atoms with Crippen LogP contribution in [0.5, 0.6) is 0 Å². The highest BCUT2D eigenvalue weighted by molar-refractivity contribution is 6.11. The largest absolute Gasteiger partial charge is 0.304 e. The third-order valence-corrected chi connectivity index (χ3v) is 3.10. The Bertz CT molecular complexity index is 587. The lowest BCUT2D eigenvalue weighted by Crippen LogP contribution is -2.24. The molecular formula is C16H13NO. The van der Waals surface area contributed by atoms with Crippen molar-refractivity contribution in [1.29, 1.82) is 0 Å². The molecule has 0 radical (unpaired) electrons. The average Bonchev–Trinajstić information content (AvgIpc) is 2.83. The van der Waals surface area contributed by atoms with Crippen LogP contribution < -0.4 is 4.90 Å². The van der Waals surface area contributed by atoms with Gasteiger partial charge < -0.3 is 4.90 Å². The number of carbonyl (C=O) groups excluding carboxylic acids is 1. The van der Waals surface area contributed by atoms with Gasteiger partial charge in [-0.1, -0.05) is 48.5 Å². The summed E-state index contributed by atoms with van der Waals surface area (Å²) in [7, 11) is 0. The van der Waals surface area contributed by atoms with Crippen molar-refractivity contribution in [3.63, 3.8) is 0 Å². The molecule has 2 nitrogen and oxygen atoms in total. The Morgan fingerprint density at radius 2 is 1.44 bits per heavy atom. The second-order valence-corrected chi connectivity index (χ2v) is 4.30. The standard InChI is InChI=1S/C16H13NO/c18-16-11-14(13-7-3-1-4-8-13)12-17(16)15-9-5-2-6-10-15/h1-11H,12H2. The summed E-state index contributed by atoms with van der Waals surface area (Å²) in [4.78, 5) is 13.8. The fourth-order valence-electron chi connectivity index (χ4n) is 2.17. The van der Waals surface area contributed by atoms with Crippen molar-refractivity contribution in [3.05, 3.63) is 72.3 Å². The molecule has 0 aliphatic carbocycles. The SMILES string of the molecule is O=C1C=C(c2ccccc2)CN1c1ccccc1. The van der Waals surface area contributed by atoms with Gasteiger partial charge in [-0.3, -0.25) is 4.79 Å². The first-order chi connectivity index (χ1) is 8.84. The molecule has 1 aliphatic heterocycles. The van der Waals surface area contributed by atoms with E-state index < -0.39 is 0 Å². The maximum atomic E-state index is 12.0. The van der Waals surface area contributed by atoms with Gasteiger partial charge in [-0.25, -0.2) is 0 Å². The number of carbonyl (C=O) groups is 1. The van der Waals surface area contributed by atoms with Gasteiger partial charge in [-0.15, -0.1) is 0 Å². The van der Waals surface area contributed by atoms with Crippen molar-refractivity contribution in [3.8, 4) is 0 Å². The topological polar surface area (TPSA) is 20.3 Å². The van der Waals surface area contributed by atoms with E-state index in [4.69, 9.17) is 0 Å². The van der Waals surface area contributed by atoms with Crippen molar-refractivity contribution < 1.29 is 4.79 Å². The van der Waals surface area contributed by atoms with Gasteiger partial charge in [0.2, 0.25) is 0 Å². The van der Waals surface area contributed by atoms with Crippen molar-refractivity contribution in [2.24, 2.45) is 0 Å². The van der Waals surface area contributed by atoms with Gasteiger partial charge in [0, 0.05) is 11.8 Å². The summed E-state index contributed by atoms with van der Waals surface area (Å²) in [5, 5.41) is 0. The molecule has 0 N–H and O–H groups in total. The first kappa shape index (κ1) is 10.8. The minimum absolute atomic E-state index is 0.0556. The van der Waals surface area contributed by atoms with Crippen LogP contribution in [0.25, 0.3) is 5.57 Å². The van der Waals surface area contributed by atoms with Gasteiger partial charge in [0.25, 0.3) is 5.91 Å². The molecule has 88 valence electrons. The second kappa shape index (κ2) is 4.49. The molecule has 1 heterocycles. The Labute approximate surface area is 106 Å². The fourth-order valence-corrected chi connectivity index (χ4v) is 2.17. The Hall–Kier alpha value is -2.35. The molecule has 2 aromatic carbocycles. The van der Waals surface area contributed by atoms with E-state index in [0.717, 1.165) is 16.8 Å². The quantitative estimate of drug-likeness (QED) is 0.783. The zero-order valence-corrected chi connectivity index (χ0v) is 9.91. The predicted octanol–water partition coefficient (Wildman–Crippen LogP) is 3.12. The van der Waals surface area contributed by atoms with Crippen LogP contribution in [0.1, 0.15) is 5.56 Å². The molecular weight excluding hydrogens is 222 g/mol. The number of para-hydroxylation sites is 1. The monoisotopic (exact) mass is 235 g/mol. The first-order valence-corrected chi connectivity index (χ1v) is 5.97. The first-order valence-electron chi connectivity index (χ1n) is 5.97. The smallest absolute Gasteiger partial charge is 0.251 e. The van der Waals surface area contributed by atoms with Gasteiger partial charge in [0.15, 0.2) is 0 Å². The third kappa shape index (κ3) is 1.93. The summed E-state index contributed by atoms with van der Waals surface area (Å²) in [5.74, 6) is 0.0556. The van der Waals surface area contributed by atoms with Gasteiger partial charge in [0.1, 0.15) is 0 Å². The lowest BCUT2D eigenvalue weighted by molar-refractivity contribution is -0.113. The van der Waals surface area contributed by atoms with E-state index >= 15 is 0 Å². The number of benzene rings is 2.